The minimum Gasteiger partial charge on any atom is -0.353 e. The maximum atomic E-state index is 11.7. The molecule has 0 bridgehead atoms. The Morgan fingerprint density at radius 3 is 2.81 bits per heavy atom. The van der Waals surface area contributed by atoms with E-state index >= 15 is 0 Å². The van der Waals surface area contributed by atoms with Crippen LogP contribution in [0.3, 0.4) is 0 Å². The van der Waals surface area contributed by atoms with Crippen LogP contribution >= 0.6 is 0 Å². The molecule has 3 nitrogen and oxygen atoms in total. The van der Waals surface area contributed by atoms with Crippen LogP contribution in [0.1, 0.15) is 45.4 Å². The van der Waals surface area contributed by atoms with Crippen LogP contribution < -0.4 is 10.6 Å². The van der Waals surface area contributed by atoms with Gasteiger partial charge in [0.1, 0.15) is 0 Å². The van der Waals surface area contributed by atoms with Gasteiger partial charge in [-0.3, -0.25) is 4.79 Å². The van der Waals surface area contributed by atoms with E-state index in [9.17, 15) is 4.79 Å². The number of hydrogen-bond donors (Lipinski definition) is 2. The molecule has 1 heterocycles. The maximum Gasteiger partial charge on any atom is 0.220 e. The maximum absolute atomic E-state index is 11.7. The lowest BCUT2D eigenvalue weighted by atomic mass is 9.80. The van der Waals surface area contributed by atoms with E-state index in [1.165, 1.54) is 25.7 Å². The number of rotatable bonds is 5. The van der Waals surface area contributed by atoms with Crippen molar-refractivity contribution < 1.29 is 4.79 Å². The highest BCUT2D eigenvalue weighted by Gasteiger charge is 2.25. The van der Waals surface area contributed by atoms with Crippen molar-refractivity contribution in [3.05, 3.63) is 0 Å². The number of carbonyl (C=O) groups is 1. The Hall–Kier alpha value is -0.570. The molecule has 0 aromatic rings. The molecular formula is C13H24N2O. The Kier molecular flexibility index (Phi) is 4.22. The van der Waals surface area contributed by atoms with E-state index in [4.69, 9.17) is 0 Å². The first-order chi connectivity index (χ1) is 7.75. The number of nitrogens with one attached hydrogen (secondary N) is 2. The third kappa shape index (κ3) is 3.21. The summed E-state index contributed by atoms with van der Waals surface area (Å²) in [4.78, 5) is 11.7. The van der Waals surface area contributed by atoms with Gasteiger partial charge in [-0.05, 0) is 57.5 Å². The monoisotopic (exact) mass is 224 g/mol. The SMILES string of the molecule is CC(NC(=O)CCC1CCNC1)C1CCC1. The van der Waals surface area contributed by atoms with Crippen LogP contribution in [-0.4, -0.2) is 25.0 Å². The van der Waals surface area contributed by atoms with Crippen LogP contribution in [0.5, 0.6) is 0 Å². The normalized spacial score (nSPS) is 27.4. The van der Waals surface area contributed by atoms with Crippen molar-refractivity contribution in [1.29, 1.82) is 0 Å². The topological polar surface area (TPSA) is 41.1 Å². The molecule has 0 spiro atoms. The Bertz CT molecular complexity index is 232. The minimum absolute atomic E-state index is 0.256. The summed E-state index contributed by atoms with van der Waals surface area (Å²) in [6, 6.07) is 0.392. The van der Waals surface area contributed by atoms with Crippen molar-refractivity contribution in [2.75, 3.05) is 13.1 Å². The van der Waals surface area contributed by atoms with Crippen molar-refractivity contribution in [1.82, 2.24) is 10.6 Å². The van der Waals surface area contributed by atoms with Gasteiger partial charge in [-0.2, -0.15) is 0 Å². The molecule has 1 aliphatic heterocycles. The van der Waals surface area contributed by atoms with Gasteiger partial charge in [-0.25, -0.2) is 0 Å². The molecule has 0 aromatic heterocycles. The second kappa shape index (κ2) is 5.67. The summed E-state index contributed by atoms with van der Waals surface area (Å²) < 4.78 is 0. The molecule has 1 amide bonds. The number of hydrogen-bond acceptors (Lipinski definition) is 2. The average molecular weight is 224 g/mol. The molecule has 3 heteroatoms. The fourth-order valence-electron chi connectivity index (χ4n) is 2.68. The van der Waals surface area contributed by atoms with Crippen LogP contribution in [-0.2, 0) is 4.79 Å². The van der Waals surface area contributed by atoms with E-state index in [-0.39, 0.29) is 5.91 Å². The highest BCUT2D eigenvalue weighted by molar-refractivity contribution is 5.76. The largest absolute Gasteiger partial charge is 0.353 e. The van der Waals surface area contributed by atoms with Crippen LogP contribution in [0.15, 0.2) is 0 Å². The molecule has 2 unspecified atom stereocenters. The molecule has 2 fully saturated rings. The summed E-state index contributed by atoms with van der Waals surface area (Å²) in [5, 5.41) is 6.49. The summed E-state index contributed by atoms with van der Waals surface area (Å²) in [5.41, 5.74) is 0. The Labute approximate surface area is 98.4 Å². The van der Waals surface area contributed by atoms with Gasteiger partial charge in [-0.1, -0.05) is 6.42 Å². The van der Waals surface area contributed by atoms with Gasteiger partial charge in [0, 0.05) is 12.5 Å². The van der Waals surface area contributed by atoms with Gasteiger partial charge in [-0.15, -0.1) is 0 Å². The second-order valence-electron chi connectivity index (χ2n) is 5.44. The van der Waals surface area contributed by atoms with Gasteiger partial charge in [0.05, 0.1) is 0 Å². The number of carbonyl (C=O) groups excluding carboxylic acids is 1. The predicted molar refractivity (Wildman–Crippen MR) is 65.2 cm³/mol. The molecule has 2 atom stereocenters. The lowest BCUT2D eigenvalue weighted by Crippen LogP contribution is -2.40. The standard InChI is InChI=1S/C13H24N2O/c1-10(12-3-2-4-12)15-13(16)6-5-11-7-8-14-9-11/h10-12,14H,2-9H2,1H3,(H,15,16). The molecule has 16 heavy (non-hydrogen) atoms. The number of amides is 1. The minimum atomic E-state index is 0.256. The molecule has 0 aromatic carbocycles. The van der Waals surface area contributed by atoms with Gasteiger partial charge < -0.3 is 10.6 Å². The van der Waals surface area contributed by atoms with E-state index in [1.54, 1.807) is 0 Å². The van der Waals surface area contributed by atoms with Gasteiger partial charge in [0.2, 0.25) is 5.91 Å². The van der Waals surface area contributed by atoms with Crippen molar-refractivity contribution in [3.8, 4) is 0 Å². The molecule has 2 N–H and O–H groups in total. The average Bonchev–Trinajstić information content (AvgIpc) is 2.63. The predicted octanol–water partition coefficient (Wildman–Crippen LogP) is 1.68. The molecule has 92 valence electrons. The van der Waals surface area contributed by atoms with E-state index < -0.39 is 0 Å². The van der Waals surface area contributed by atoms with E-state index in [2.05, 4.69) is 17.6 Å². The van der Waals surface area contributed by atoms with Crippen LogP contribution in [0.4, 0.5) is 0 Å². The van der Waals surface area contributed by atoms with Crippen molar-refractivity contribution in [2.24, 2.45) is 11.8 Å². The van der Waals surface area contributed by atoms with Gasteiger partial charge >= 0.3 is 0 Å². The van der Waals surface area contributed by atoms with Crippen molar-refractivity contribution in [3.63, 3.8) is 0 Å². The Balaban J connectivity index is 1.59. The van der Waals surface area contributed by atoms with Crippen molar-refractivity contribution in [2.45, 2.75) is 51.5 Å². The molecular weight excluding hydrogens is 200 g/mol. The third-order valence-electron chi connectivity index (χ3n) is 4.19. The lowest BCUT2D eigenvalue weighted by Gasteiger charge is -2.31. The summed E-state index contributed by atoms with van der Waals surface area (Å²) in [6.45, 7) is 4.38. The van der Waals surface area contributed by atoms with Crippen LogP contribution in [0.25, 0.3) is 0 Å². The first-order valence-electron chi connectivity index (χ1n) is 6.76. The Morgan fingerprint density at radius 1 is 1.44 bits per heavy atom. The molecule has 2 aliphatic rings. The summed E-state index contributed by atoms with van der Waals surface area (Å²) >= 11 is 0. The lowest BCUT2D eigenvalue weighted by molar-refractivity contribution is -0.122. The fourth-order valence-corrected chi connectivity index (χ4v) is 2.68. The van der Waals surface area contributed by atoms with Crippen LogP contribution in [0, 0.1) is 11.8 Å². The zero-order valence-corrected chi connectivity index (χ0v) is 10.3. The zero-order chi connectivity index (χ0) is 11.4. The zero-order valence-electron chi connectivity index (χ0n) is 10.3. The van der Waals surface area contributed by atoms with E-state index in [0.29, 0.717) is 12.5 Å². The summed E-state index contributed by atoms with van der Waals surface area (Å²) in [6.07, 6.45) is 6.95. The van der Waals surface area contributed by atoms with Gasteiger partial charge in [0.15, 0.2) is 0 Å². The highest BCUT2D eigenvalue weighted by Crippen LogP contribution is 2.29. The molecule has 1 aliphatic carbocycles. The smallest absolute Gasteiger partial charge is 0.220 e. The second-order valence-corrected chi connectivity index (χ2v) is 5.44. The van der Waals surface area contributed by atoms with E-state index in [0.717, 1.165) is 31.3 Å². The molecule has 1 saturated heterocycles. The van der Waals surface area contributed by atoms with Crippen LogP contribution in [0.2, 0.25) is 0 Å². The summed E-state index contributed by atoms with van der Waals surface area (Å²) in [5.74, 6) is 1.73. The quantitative estimate of drug-likeness (QED) is 0.746. The third-order valence-corrected chi connectivity index (χ3v) is 4.19. The van der Waals surface area contributed by atoms with E-state index in [1.807, 2.05) is 0 Å². The summed E-state index contributed by atoms with van der Waals surface area (Å²) in [7, 11) is 0. The first-order valence-corrected chi connectivity index (χ1v) is 6.76. The van der Waals surface area contributed by atoms with Gasteiger partial charge in [0.25, 0.3) is 0 Å². The fraction of sp³-hybridized carbons (Fsp3) is 0.923. The highest BCUT2D eigenvalue weighted by atomic mass is 16.1. The Morgan fingerprint density at radius 2 is 2.25 bits per heavy atom. The molecule has 1 saturated carbocycles. The first kappa shape index (κ1) is 11.9. The molecule has 2 rings (SSSR count). The van der Waals surface area contributed by atoms with Crippen molar-refractivity contribution >= 4 is 5.91 Å². The molecule has 0 radical (unpaired) electrons.